The molecule has 0 saturated carbocycles. The SMILES string of the molecule is COc1cc(C)c(S(=O)(=O)N2CCCCC2C(C)N)cc1C.Cl. The Labute approximate surface area is 145 Å². The maximum Gasteiger partial charge on any atom is 0.243 e. The number of rotatable bonds is 4. The summed E-state index contributed by atoms with van der Waals surface area (Å²) in [5.74, 6) is 0.707. The van der Waals surface area contributed by atoms with Crippen LogP contribution < -0.4 is 10.5 Å². The fourth-order valence-electron chi connectivity index (χ4n) is 3.14. The molecule has 0 amide bonds. The second-order valence-corrected chi connectivity index (χ2v) is 7.98. The maximum atomic E-state index is 13.1. The summed E-state index contributed by atoms with van der Waals surface area (Å²) in [6.07, 6.45) is 2.74. The third kappa shape index (κ3) is 3.99. The Hall–Kier alpha value is -0.820. The summed E-state index contributed by atoms with van der Waals surface area (Å²) in [7, 11) is -1.95. The Morgan fingerprint density at radius 3 is 2.48 bits per heavy atom. The van der Waals surface area contributed by atoms with Crippen molar-refractivity contribution in [3.8, 4) is 5.75 Å². The molecule has 1 fully saturated rings. The normalized spacial score (nSPS) is 20.7. The fraction of sp³-hybridized carbons (Fsp3) is 0.625. The predicted octanol–water partition coefficient (Wildman–Crippen LogP) is 2.62. The molecule has 0 radical (unpaired) electrons. The van der Waals surface area contributed by atoms with Crippen molar-refractivity contribution in [3.05, 3.63) is 23.3 Å². The molecule has 1 heterocycles. The van der Waals surface area contributed by atoms with Gasteiger partial charge in [0.2, 0.25) is 10.0 Å². The minimum absolute atomic E-state index is 0. The Morgan fingerprint density at radius 2 is 1.91 bits per heavy atom. The van der Waals surface area contributed by atoms with E-state index in [4.69, 9.17) is 10.5 Å². The lowest BCUT2D eigenvalue weighted by Gasteiger charge is -2.37. The van der Waals surface area contributed by atoms with E-state index >= 15 is 0 Å². The van der Waals surface area contributed by atoms with Gasteiger partial charge in [0.05, 0.1) is 12.0 Å². The quantitative estimate of drug-likeness (QED) is 0.893. The molecular weight excluding hydrogens is 336 g/mol. The molecule has 23 heavy (non-hydrogen) atoms. The van der Waals surface area contributed by atoms with Gasteiger partial charge in [-0.15, -0.1) is 12.4 Å². The molecule has 1 aromatic carbocycles. The summed E-state index contributed by atoms with van der Waals surface area (Å²) in [5, 5.41) is 0. The van der Waals surface area contributed by atoms with Crippen molar-refractivity contribution in [2.75, 3.05) is 13.7 Å². The first kappa shape index (κ1) is 20.2. The molecule has 1 aromatic rings. The van der Waals surface area contributed by atoms with E-state index in [2.05, 4.69) is 0 Å². The molecule has 1 aliphatic heterocycles. The van der Waals surface area contributed by atoms with Crippen LogP contribution in [0.2, 0.25) is 0 Å². The molecule has 7 heteroatoms. The number of hydrogen-bond acceptors (Lipinski definition) is 4. The van der Waals surface area contributed by atoms with Crippen molar-refractivity contribution in [1.82, 2.24) is 4.31 Å². The van der Waals surface area contributed by atoms with Gasteiger partial charge in [0.15, 0.2) is 0 Å². The fourth-order valence-corrected chi connectivity index (χ4v) is 5.21. The lowest BCUT2D eigenvalue weighted by atomic mass is 10.00. The summed E-state index contributed by atoms with van der Waals surface area (Å²) >= 11 is 0. The Morgan fingerprint density at radius 1 is 1.26 bits per heavy atom. The number of hydrogen-bond donors (Lipinski definition) is 1. The predicted molar refractivity (Wildman–Crippen MR) is 94.9 cm³/mol. The molecule has 2 atom stereocenters. The Balaban J connectivity index is 0.00000264. The molecule has 2 rings (SSSR count). The first-order valence-corrected chi connectivity index (χ1v) is 9.15. The van der Waals surface area contributed by atoms with E-state index in [-0.39, 0.29) is 24.5 Å². The van der Waals surface area contributed by atoms with E-state index in [1.54, 1.807) is 30.5 Å². The molecule has 1 saturated heterocycles. The standard InChI is InChI=1S/C16H26N2O3S.ClH/c1-11-10-16(12(2)9-15(11)21-4)22(19,20)18-8-6-5-7-14(18)13(3)17;/h9-10,13-14H,5-8,17H2,1-4H3;1H. The largest absolute Gasteiger partial charge is 0.496 e. The van der Waals surface area contributed by atoms with Crippen molar-refractivity contribution in [1.29, 1.82) is 0 Å². The summed E-state index contributed by atoms with van der Waals surface area (Å²) in [4.78, 5) is 0.360. The van der Waals surface area contributed by atoms with Gasteiger partial charge in [-0.2, -0.15) is 4.31 Å². The summed E-state index contributed by atoms with van der Waals surface area (Å²) in [6.45, 7) is 6.08. The first-order valence-electron chi connectivity index (χ1n) is 7.71. The summed E-state index contributed by atoms with van der Waals surface area (Å²) < 4.78 is 33.1. The van der Waals surface area contributed by atoms with Crippen LogP contribution in [0, 0.1) is 13.8 Å². The zero-order valence-corrected chi connectivity index (χ0v) is 15.8. The molecule has 0 bridgehead atoms. The number of methoxy groups -OCH3 is 1. The van der Waals surface area contributed by atoms with E-state index in [1.807, 2.05) is 13.8 Å². The zero-order chi connectivity index (χ0) is 16.5. The van der Waals surface area contributed by atoms with Crippen LogP contribution in [0.25, 0.3) is 0 Å². The van der Waals surface area contributed by atoms with Crippen LogP contribution in [0.4, 0.5) is 0 Å². The molecule has 132 valence electrons. The lowest BCUT2D eigenvalue weighted by Crippen LogP contribution is -2.51. The third-order valence-electron chi connectivity index (χ3n) is 4.38. The average Bonchev–Trinajstić information content (AvgIpc) is 2.48. The Bertz CT molecular complexity index is 647. The van der Waals surface area contributed by atoms with Crippen LogP contribution in [0.3, 0.4) is 0 Å². The molecule has 1 aliphatic rings. The highest BCUT2D eigenvalue weighted by atomic mass is 35.5. The van der Waals surface area contributed by atoms with E-state index < -0.39 is 10.0 Å². The maximum absolute atomic E-state index is 13.1. The van der Waals surface area contributed by atoms with E-state index in [1.165, 1.54) is 0 Å². The van der Waals surface area contributed by atoms with Crippen LogP contribution in [0.1, 0.15) is 37.3 Å². The highest BCUT2D eigenvalue weighted by molar-refractivity contribution is 7.89. The van der Waals surface area contributed by atoms with Crippen molar-refractivity contribution < 1.29 is 13.2 Å². The van der Waals surface area contributed by atoms with Crippen molar-refractivity contribution >= 4 is 22.4 Å². The number of nitrogens with zero attached hydrogens (tertiary/aromatic N) is 1. The molecule has 0 aromatic heterocycles. The Kier molecular flexibility index (Phi) is 6.89. The van der Waals surface area contributed by atoms with Gasteiger partial charge in [0.25, 0.3) is 0 Å². The summed E-state index contributed by atoms with van der Waals surface area (Å²) in [6, 6.07) is 3.19. The summed E-state index contributed by atoms with van der Waals surface area (Å²) in [5.41, 5.74) is 7.55. The van der Waals surface area contributed by atoms with Crippen LogP contribution in [0.15, 0.2) is 17.0 Å². The first-order chi connectivity index (χ1) is 10.3. The van der Waals surface area contributed by atoms with E-state index in [0.29, 0.717) is 22.8 Å². The highest BCUT2D eigenvalue weighted by Crippen LogP contribution is 2.31. The van der Waals surface area contributed by atoms with Crippen LogP contribution in [-0.2, 0) is 10.0 Å². The monoisotopic (exact) mass is 362 g/mol. The second-order valence-electron chi connectivity index (χ2n) is 6.13. The smallest absolute Gasteiger partial charge is 0.243 e. The van der Waals surface area contributed by atoms with Gasteiger partial charge in [-0.25, -0.2) is 8.42 Å². The number of nitrogens with two attached hydrogens (primary N) is 1. The number of sulfonamides is 1. The van der Waals surface area contributed by atoms with E-state index in [0.717, 1.165) is 24.8 Å². The van der Waals surface area contributed by atoms with Gasteiger partial charge < -0.3 is 10.5 Å². The topological polar surface area (TPSA) is 72.6 Å². The molecular formula is C16H27ClN2O3S. The van der Waals surface area contributed by atoms with Crippen molar-refractivity contribution in [3.63, 3.8) is 0 Å². The number of halogens is 1. The van der Waals surface area contributed by atoms with Crippen molar-refractivity contribution in [2.45, 2.75) is 57.0 Å². The van der Waals surface area contributed by atoms with Gasteiger partial charge in [0, 0.05) is 18.6 Å². The molecule has 5 nitrogen and oxygen atoms in total. The minimum Gasteiger partial charge on any atom is -0.496 e. The molecule has 2 N–H and O–H groups in total. The second kappa shape index (κ2) is 7.83. The van der Waals surface area contributed by atoms with Crippen molar-refractivity contribution in [2.24, 2.45) is 5.73 Å². The van der Waals surface area contributed by atoms with Crippen LogP contribution in [-0.4, -0.2) is 38.5 Å². The van der Waals surface area contributed by atoms with E-state index in [9.17, 15) is 8.42 Å². The molecule has 0 aliphatic carbocycles. The third-order valence-corrected chi connectivity index (χ3v) is 6.45. The van der Waals surface area contributed by atoms with Gasteiger partial charge in [-0.05, 0) is 56.9 Å². The average molecular weight is 363 g/mol. The number of ether oxygens (including phenoxy) is 1. The van der Waals surface area contributed by atoms with Gasteiger partial charge >= 0.3 is 0 Å². The number of piperidine rings is 1. The highest BCUT2D eigenvalue weighted by Gasteiger charge is 2.36. The van der Waals surface area contributed by atoms with Gasteiger partial charge in [-0.3, -0.25) is 0 Å². The number of benzene rings is 1. The number of aryl methyl sites for hydroxylation is 2. The molecule has 2 unspecified atom stereocenters. The van der Waals surface area contributed by atoms with Gasteiger partial charge in [-0.1, -0.05) is 6.42 Å². The van der Waals surface area contributed by atoms with Crippen LogP contribution >= 0.6 is 12.4 Å². The zero-order valence-electron chi connectivity index (χ0n) is 14.2. The van der Waals surface area contributed by atoms with Crippen LogP contribution in [0.5, 0.6) is 5.75 Å². The minimum atomic E-state index is -3.54. The molecule has 0 spiro atoms. The lowest BCUT2D eigenvalue weighted by molar-refractivity contribution is 0.227. The van der Waals surface area contributed by atoms with Gasteiger partial charge in [0.1, 0.15) is 5.75 Å².